The molecule has 84 valence electrons. The number of hydrogen-bond acceptors (Lipinski definition) is 4. The molecule has 0 atom stereocenters. The summed E-state index contributed by atoms with van der Waals surface area (Å²) in [4.78, 5) is 3.91. The molecule has 4 heteroatoms. The Morgan fingerprint density at radius 2 is 2.00 bits per heavy atom. The van der Waals surface area contributed by atoms with Crippen molar-refractivity contribution in [3.05, 3.63) is 42.1 Å². The molecule has 0 aliphatic heterocycles. The molecular weight excluding hydrogens is 214 g/mol. The van der Waals surface area contributed by atoms with Gasteiger partial charge in [-0.25, -0.2) is 4.98 Å². The lowest BCUT2D eigenvalue weighted by atomic mass is 10.0. The van der Waals surface area contributed by atoms with Gasteiger partial charge in [-0.05, 0) is 12.1 Å². The first kappa shape index (κ1) is 11.0. The Balaban J connectivity index is 2.69. The zero-order valence-corrected chi connectivity index (χ0v) is 9.34. The van der Waals surface area contributed by atoms with Crippen LogP contribution in [0.5, 0.6) is 5.75 Å². The molecule has 0 saturated heterocycles. The summed E-state index contributed by atoms with van der Waals surface area (Å²) in [5.41, 5.74) is 7.63. The fourth-order valence-corrected chi connectivity index (χ4v) is 1.69. The van der Waals surface area contributed by atoms with E-state index in [-0.39, 0.29) is 5.82 Å². The van der Waals surface area contributed by atoms with Gasteiger partial charge in [0.1, 0.15) is 23.2 Å². The van der Waals surface area contributed by atoms with Crippen molar-refractivity contribution < 1.29 is 4.74 Å². The zero-order valence-electron chi connectivity index (χ0n) is 9.34. The smallest absolute Gasteiger partial charge is 0.141 e. The Bertz CT molecular complexity index is 587. The fraction of sp³-hybridized carbons (Fsp3) is 0.0769. The van der Waals surface area contributed by atoms with Crippen LogP contribution in [-0.4, -0.2) is 12.1 Å². The Hall–Kier alpha value is -2.54. The van der Waals surface area contributed by atoms with Crippen molar-refractivity contribution in [2.45, 2.75) is 0 Å². The molecule has 2 N–H and O–H groups in total. The van der Waals surface area contributed by atoms with Gasteiger partial charge in [-0.15, -0.1) is 0 Å². The molecule has 0 bridgehead atoms. The Morgan fingerprint density at radius 1 is 1.24 bits per heavy atom. The van der Waals surface area contributed by atoms with Gasteiger partial charge in [0.15, 0.2) is 0 Å². The van der Waals surface area contributed by atoms with E-state index in [1.54, 1.807) is 19.4 Å². The van der Waals surface area contributed by atoms with Crippen LogP contribution < -0.4 is 10.5 Å². The number of nitrogen functional groups attached to an aromatic ring is 1. The number of nitrogens with zero attached hydrogens (tertiary/aromatic N) is 2. The number of nitrogens with two attached hydrogens (primary N) is 1. The van der Waals surface area contributed by atoms with Crippen LogP contribution in [0.4, 0.5) is 5.82 Å². The van der Waals surface area contributed by atoms with Crippen LogP contribution in [0.2, 0.25) is 0 Å². The van der Waals surface area contributed by atoms with Crippen LogP contribution in [0.15, 0.2) is 36.5 Å². The first-order valence-electron chi connectivity index (χ1n) is 5.06. The number of pyridine rings is 1. The summed E-state index contributed by atoms with van der Waals surface area (Å²) in [6.07, 6.45) is 1.58. The standard InChI is InChI=1S/C13H11N3O/c1-17-12-5-3-2-4-10(12)9-6-7-16-13(15)11(9)8-14/h2-7H,1H3,(H2,15,16). The minimum Gasteiger partial charge on any atom is -0.496 e. The zero-order chi connectivity index (χ0) is 12.3. The second-order valence-electron chi connectivity index (χ2n) is 3.43. The van der Waals surface area contributed by atoms with Crippen molar-refractivity contribution in [1.82, 2.24) is 4.98 Å². The third-order valence-electron chi connectivity index (χ3n) is 2.49. The van der Waals surface area contributed by atoms with Crippen LogP contribution >= 0.6 is 0 Å². The molecule has 2 aromatic rings. The number of rotatable bonds is 2. The predicted molar refractivity (Wildman–Crippen MR) is 65.4 cm³/mol. The first-order valence-corrected chi connectivity index (χ1v) is 5.06. The van der Waals surface area contributed by atoms with Gasteiger partial charge in [0.25, 0.3) is 0 Å². The van der Waals surface area contributed by atoms with Crippen molar-refractivity contribution >= 4 is 5.82 Å². The third-order valence-corrected chi connectivity index (χ3v) is 2.49. The molecule has 0 saturated carbocycles. The first-order chi connectivity index (χ1) is 8.27. The molecule has 1 aromatic carbocycles. The fourth-order valence-electron chi connectivity index (χ4n) is 1.69. The van der Waals surface area contributed by atoms with Crippen molar-refractivity contribution in [3.8, 4) is 22.9 Å². The Labute approximate surface area is 99.3 Å². The average Bonchev–Trinajstić information content (AvgIpc) is 2.38. The lowest BCUT2D eigenvalue weighted by molar-refractivity contribution is 0.416. The number of methoxy groups -OCH3 is 1. The van der Waals surface area contributed by atoms with E-state index < -0.39 is 0 Å². The molecule has 0 aliphatic rings. The molecule has 0 fully saturated rings. The molecule has 0 aliphatic carbocycles. The highest BCUT2D eigenvalue weighted by molar-refractivity contribution is 5.78. The van der Waals surface area contributed by atoms with Gasteiger partial charge >= 0.3 is 0 Å². The van der Waals surface area contributed by atoms with E-state index in [1.165, 1.54) is 0 Å². The van der Waals surface area contributed by atoms with E-state index in [1.807, 2.05) is 24.3 Å². The van der Waals surface area contributed by atoms with E-state index in [9.17, 15) is 0 Å². The lowest BCUT2D eigenvalue weighted by Gasteiger charge is -2.10. The van der Waals surface area contributed by atoms with Crippen molar-refractivity contribution in [3.63, 3.8) is 0 Å². The molecule has 0 unspecified atom stereocenters. The van der Waals surface area contributed by atoms with Gasteiger partial charge < -0.3 is 10.5 Å². The van der Waals surface area contributed by atoms with Gasteiger partial charge in [-0.2, -0.15) is 5.26 Å². The average molecular weight is 225 g/mol. The van der Waals surface area contributed by atoms with Gasteiger partial charge in [0.05, 0.1) is 7.11 Å². The SMILES string of the molecule is COc1ccccc1-c1ccnc(N)c1C#N. The molecular formula is C13H11N3O. The van der Waals surface area contributed by atoms with Crippen molar-refractivity contribution in [1.29, 1.82) is 5.26 Å². The minimum absolute atomic E-state index is 0.232. The highest BCUT2D eigenvalue weighted by atomic mass is 16.5. The highest BCUT2D eigenvalue weighted by Gasteiger charge is 2.12. The van der Waals surface area contributed by atoms with Gasteiger partial charge in [-0.3, -0.25) is 0 Å². The second-order valence-corrected chi connectivity index (χ2v) is 3.43. The van der Waals surface area contributed by atoms with E-state index in [0.29, 0.717) is 11.3 Å². The predicted octanol–water partition coefficient (Wildman–Crippen LogP) is 2.21. The minimum atomic E-state index is 0.232. The Morgan fingerprint density at radius 3 is 2.71 bits per heavy atom. The van der Waals surface area contributed by atoms with Gasteiger partial charge in [-0.1, -0.05) is 18.2 Å². The number of hydrogen-bond donors (Lipinski definition) is 1. The van der Waals surface area contributed by atoms with Crippen molar-refractivity contribution in [2.24, 2.45) is 0 Å². The molecule has 17 heavy (non-hydrogen) atoms. The summed E-state index contributed by atoms with van der Waals surface area (Å²) in [5, 5.41) is 9.11. The number of para-hydroxylation sites is 1. The maximum atomic E-state index is 9.11. The number of ether oxygens (including phenoxy) is 1. The molecule has 1 aromatic heterocycles. The molecule has 1 heterocycles. The van der Waals surface area contributed by atoms with E-state index in [0.717, 1.165) is 11.1 Å². The Kier molecular flexibility index (Phi) is 2.93. The van der Waals surface area contributed by atoms with Gasteiger partial charge in [0, 0.05) is 17.3 Å². The summed E-state index contributed by atoms with van der Waals surface area (Å²) in [5.74, 6) is 0.936. The van der Waals surface area contributed by atoms with Gasteiger partial charge in [0.2, 0.25) is 0 Å². The second kappa shape index (κ2) is 4.54. The molecule has 2 rings (SSSR count). The van der Waals surface area contributed by atoms with Crippen LogP contribution in [0, 0.1) is 11.3 Å². The highest BCUT2D eigenvalue weighted by Crippen LogP contribution is 2.32. The summed E-state index contributed by atoms with van der Waals surface area (Å²) < 4.78 is 5.27. The monoisotopic (exact) mass is 225 g/mol. The largest absolute Gasteiger partial charge is 0.496 e. The summed E-state index contributed by atoms with van der Waals surface area (Å²) in [6, 6.07) is 11.3. The normalized spacial score (nSPS) is 9.65. The maximum absolute atomic E-state index is 9.11. The molecule has 0 amide bonds. The van der Waals surface area contributed by atoms with E-state index in [4.69, 9.17) is 15.7 Å². The molecule has 4 nitrogen and oxygen atoms in total. The maximum Gasteiger partial charge on any atom is 0.141 e. The van der Waals surface area contributed by atoms with Crippen molar-refractivity contribution in [2.75, 3.05) is 12.8 Å². The quantitative estimate of drug-likeness (QED) is 0.850. The van der Waals surface area contributed by atoms with Crippen LogP contribution in [-0.2, 0) is 0 Å². The van der Waals surface area contributed by atoms with Crippen LogP contribution in [0.1, 0.15) is 5.56 Å². The summed E-state index contributed by atoms with van der Waals surface area (Å²) in [6.45, 7) is 0. The molecule has 0 radical (unpaired) electrons. The lowest BCUT2D eigenvalue weighted by Crippen LogP contribution is -1.97. The number of benzene rings is 1. The third kappa shape index (κ3) is 1.91. The summed E-state index contributed by atoms with van der Waals surface area (Å²) >= 11 is 0. The number of aromatic nitrogens is 1. The topological polar surface area (TPSA) is 71.9 Å². The number of anilines is 1. The van der Waals surface area contributed by atoms with Crippen LogP contribution in [0.25, 0.3) is 11.1 Å². The van der Waals surface area contributed by atoms with E-state index >= 15 is 0 Å². The van der Waals surface area contributed by atoms with Crippen LogP contribution in [0.3, 0.4) is 0 Å². The number of nitriles is 1. The summed E-state index contributed by atoms with van der Waals surface area (Å²) in [7, 11) is 1.59. The van der Waals surface area contributed by atoms with E-state index in [2.05, 4.69) is 11.1 Å². The molecule has 0 spiro atoms.